The van der Waals surface area contributed by atoms with Crippen LogP contribution in [0, 0.1) is 6.92 Å². The van der Waals surface area contributed by atoms with Crippen LogP contribution in [0.5, 0.6) is 5.75 Å². The van der Waals surface area contributed by atoms with Gasteiger partial charge in [0, 0.05) is 21.7 Å². The van der Waals surface area contributed by atoms with Gasteiger partial charge in [-0.05, 0) is 53.8 Å². The van der Waals surface area contributed by atoms with E-state index in [9.17, 15) is 9.59 Å². The van der Waals surface area contributed by atoms with Gasteiger partial charge in [0.05, 0.1) is 17.7 Å². The highest BCUT2D eigenvalue weighted by atomic mass is 35.5. The van der Waals surface area contributed by atoms with Crippen molar-refractivity contribution in [1.29, 1.82) is 0 Å². The summed E-state index contributed by atoms with van der Waals surface area (Å²) in [5.74, 6) is 0.128. The third-order valence-electron chi connectivity index (χ3n) is 5.17. The molecule has 0 aliphatic rings. The molecule has 1 atom stereocenters. The van der Waals surface area contributed by atoms with E-state index >= 15 is 0 Å². The number of nitrogens with one attached hydrogen (secondary N) is 2. The molecule has 4 rings (SSSR count). The van der Waals surface area contributed by atoms with E-state index in [1.807, 2.05) is 73.0 Å². The Labute approximate surface area is 217 Å². The maximum absolute atomic E-state index is 13.5. The van der Waals surface area contributed by atoms with Gasteiger partial charge in [0.25, 0.3) is 5.91 Å². The van der Waals surface area contributed by atoms with Crippen molar-refractivity contribution < 1.29 is 14.3 Å². The standard InChI is InChI=1S/C27H23ClN2O3S2/c1-17-14-22(23(33-2)16-21(17)28)30-27(32)25(18-8-4-3-5-9-18)35-20-11-6-10-19(15-20)29-26(31)24-12-7-13-34-24/h3-16,25H,1-2H3,(H,29,31)(H,30,32). The number of hydrogen-bond donors (Lipinski definition) is 2. The predicted molar refractivity (Wildman–Crippen MR) is 145 cm³/mol. The molecule has 1 aromatic heterocycles. The molecule has 0 saturated carbocycles. The molecular formula is C27H23ClN2O3S2. The fraction of sp³-hybridized carbons (Fsp3) is 0.111. The van der Waals surface area contributed by atoms with Gasteiger partial charge in [-0.3, -0.25) is 9.59 Å². The lowest BCUT2D eigenvalue weighted by atomic mass is 10.1. The number of hydrogen-bond acceptors (Lipinski definition) is 5. The van der Waals surface area contributed by atoms with Crippen LogP contribution in [0.3, 0.4) is 0 Å². The van der Waals surface area contributed by atoms with Crippen LogP contribution in [0.4, 0.5) is 11.4 Å². The van der Waals surface area contributed by atoms with E-state index in [0.29, 0.717) is 27.0 Å². The van der Waals surface area contributed by atoms with Crippen LogP contribution in [0.1, 0.15) is 26.0 Å². The van der Waals surface area contributed by atoms with E-state index in [1.54, 1.807) is 18.2 Å². The molecule has 1 unspecified atom stereocenters. The van der Waals surface area contributed by atoms with Crippen molar-refractivity contribution in [2.75, 3.05) is 17.7 Å². The van der Waals surface area contributed by atoms with E-state index in [-0.39, 0.29) is 11.8 Å². The topological polar surface area (TPSA) is 67.4 Å². The van der Waals surface area contributed by atoms with Crippen molar-refractivity contribution >= 4 is 57.9 Å². The first kappa shape index (κ1) is 24.9. The molecule has 0 saturated heterocycles. The summed E-state index contributed by atoms with van der Waals surface area (Å²) in [5, 5.41) is 7.81. The molecule has 5 nitrogen and oxygen atoms in total. The van der Waals surface area contributed by atoms with E-state index in [2.05, 4.69) is 10.6 Å². The Morgan fingerprint density at radius 2 is 1.77 bits per heavy atom. The number of thioether (sulfide) groups is 1. The summed E-state index contributed by atoms with van der Waals surface area (Å²) >= 11 is 9.01. The number of ether oxygens (including phenoxy) is 1. The van der Waals surface area contributed by atoms with Gasteiger partial charge in [-0.15, -0.1) is 23.1 Å². The molecule has 35 heavy (non-hydrogen) atoms. The predicted octanol–water partition coefficient (Wildman–Crippen LogP) is 7.44. The Morgan fingerprint density at radius 1 is 0.971 bits per heavy atom. The monoisotopic (exact) mass is 522 g/mol. The summed E-state index contributed by atoms with van der Waals surface area (Å²) in [6.45, 7) is 1.87. The number of carbonyl (C=O) groups excluding carboxylic acids is 2. The SMILES string of the molecule is COc1cc(Cl)c(C)cc1NC(=O)C(Sc1cccc(NC(=O)c2cccs2)c1)c1ccccc1. The van der Waals surface area contributed by atoms with Gasteiger partial charge in [0.2, 0.25) is 5.91 Å². The summed E-state index contributed by atoms with van der Waals surface area (Å²) in [7, 11) is 1.54. The van der Waals surface area contributed by atoms with Crippen molar-refractivity contribution in [3.8, 4) is 5.75 Å². The molecule has 3 aromatic carbocycles. The Bertz CT molecular complexity index is 1330. The Balaban J connectivity index is 1.58. The molecule has 0 bridgehead atoms. The molecule has 4 aromatic rings. The molecule has 2 amide bonds. The maximum Gasteiger partial charge on any atom is 0.265 e. The van der Waals surface area contributed by atoms with Crippen molar-refractivity contribution in [2.45, 2.75) is 17.1 Å². The summed E-state index contributed by atoms with van der Waals surface area (Å²) in [6.07, 6.45) is 0. The molecule has 1 heterocycles. The molecule has 0 aliphatic carbocycles. The lowest BCUT2D eigenvalue weighted by molar-refractivity contribution is -0.115. The Kier molecular flexibility index (Phi) is 8.13. The molecule has 0 aliphatic heterocycles. The number of methoxy groups -OCH3 is 1. The lowest BCUT2D eigenvalue weighted by Crippen LogP contribution is -2.19. The zero-order valence-electron chi connectivity index (χ0n) is 19.1. The summed E-state index contributed by atoms with van der Waals surface area (Å²) < 4.78 is 5.42. The third-order valence-corrected chi connectivity index (χ3v) is 7.69. The number of amides is 2. The van der Waals surface area contributed by atoms with Crippen molar-refractivity contribution in [1.82, 2.24) is 0 Å². The molecular weight excluding hydrogens is 500 g/mol. The lowest BCUT2D eigenvalue weighted by Gasteiger charge is -2.19. The molecule has 0 fully saturated rings. The normalized spacial score (nSPS) is 11.5. The first-order chi connectivity index (χ1) is 16.9. The fourth-order valence-electron chi connectivity index (χ4n) is 3.41. The Morgan fingerprint density at radius 3 is 2.49 bits per heavy atom. The second-order valence-corrected chi connectivity index (χ2v) is 10.2. The fourth-order valence-corrected chi connectivity index (χ4v) is 5.27. The first-order valence-electron chi connectivity index (χ1n) is 10.8. The van der Waals surface area contributed by atoms with Crippen LogP contribution in [0.15, 0.2) is 89.1 Å². The summed E-state index contributed by atoms with van der Waals surface area (Å²) in [5.41, 5.74) is 2.90. The largest absolute Gasteiger partial charge is 0.495 e. The molecule has 0 spiro atoms. The first-order valence-corrected chi connectivity index (χ1v) is 12.9. The van der Waals surface area contributed by atoms with Gasteiger partial charge < -0.3 is 15.4 Å². The minimum Gasteiger partial charge on any atom is -0.495 e. The number of carbonyl (C=O) groups is 2. The van der Waals surface area contributed by atoms with Crippen LogP contribution in [-0.4, -0.2) is 18.9 Å². The highest BCUT2D eigenvalue weighted by Gasteiger charge is 2.24. The van der Waals surface area contributed by atoms with Gasteiger partial charge >= 0.3 is 0 Å². The highest BCUT2D eigenvalue weighted by molar-refractivity contribution is 8.00. The van der Waals surface area contributed by atoms with Gasteiger partial charge in [-0.25, -0.2) is 0 Å². The third kappa shape index (κ3) is 6.25. The van der Waals surface area contributed by atoms with Crippen LogP contribution in [0.25, 0.3) is 0 Å². The number of benzene rings is 3. The zero-order valence-corrected chi connectivity index (χ0v) is 21.5. The minimum absolute atomic E-state index is 0.162. The van der Waals surface area contributed by atoms with Crippen molar-refractivity contribution in [3.05, 3.63) is 105 Å². The van der Waals surface area contributed by atoms with E-state index in [4.69, 9.17) is 16.3 Å². The van der Waals surface area contributed by atoms with Crippen LogP contribution < -0.4 is 15.4 Å². The second kappa shape index (κ2) is 11.4. The van der Waals surface area contributed by atoms with Gasteiger partial charge in [0.15, 0.2) is 0 Å². The van der Waals surface area contributed by atoms with Crippen molar-refractivity contribution in [3.63, 3.8) is 0 Å². The van der Waals surface area contributed by atoms with E-state index < -0.39 is 5.25 Å². The van der Waals surface area contributed by atoms with Gasteiger partial charge in [-0.1, -0.05) is 54.1 Å². The second-order valence-electron chi connectivity index (χ2n) is 7.66. The number of anilines is 2. The van der Waals surface area contributed by atoms with Crippen LogP contribution in [0.2, 0.25) is 5.02 Å². The number of halogens is 1. The number of thiophene rings is 1. The summed E-state index contributed by atoms with van der Waals surface area (Å²) in [6, 6.07) is 24.1. The quantitative estimate of drug-likeness (QED) is 0.236. The average molecular weight is 523 g/mol. The van der Waals surface area contributed by atoms with Crippen LogP contribution >= 0.6 is 34.7 Å². The molecule has 0 radical (unpaired) electrons. The molecule has 2 N–H and O–H groups in total. The van der Waals surface area contributed by atoms with Crippen LogP contribution in [-0.2, 0) is 4.79 Å². The Hall–Kier alpha value is -3.26. The zero-order chi connectivity index (χ0) is 24.8. The molecule has 8 heteroatoms. The smallest absolute Gasteiger partial charge is 0.265 e. The number of aryl methyl sites for hydroxylation is 1. The van der Waals surface area contributed by atoms with Crippen molar-refractivity contribution in [2.24, 2.45) is 0 Å². The highest BCUT2D eigenvalue weighted by Crippen LogP contribution is 2.39. The number of rotatable bonds is 8. The van der Waals surface area contributed by atoms with E-state index in [1.165, 1.54) is 30.2 Å². The maximum atomic E-state index is 13.5. The summed E-state index contributed by atoms with van der Waals surface area (Å²) in [4.78, 5) is 27.5. The molecule has 178 valence electrons. The minimum atomic E-state index is -0.542. The average Bonchev–Trinajstić information content (AvgIpc) is 3.41. The van der Waals surface area contributed by atoms with E-state index in [0.717, 1.165) is 16.0 Å². The van der Waals surface area contributed by atoms with Gasteiger partial charge in [0.1, 0.15) is 11.0 Å². The van der Waals surface area contributed by atoms with Gasteiger partial charge in [-0.2, -0.15) is 0 Å².